The van der Waals surface area contributed by atoms with Crippen LogP contribution in [-0.4, -0.2) is 99.0 Å². The van der Waals surface area contributed by atoms with Crippen LogP contribution in [0.5, 0.6) is 11.5 Å². The molecule has 2 aromatic carbocycles. The molecular formula is C35H49N7O7. The van der Waals surface area contributed by atoms with Gasteiger partial charge in [0.1, 0.15) is 35.1 Å². The van der Waals surface area contributed by atoms with E-state index in [1.165, 1.54) is 32.4 Å². The van der Waals surface area contributed by atoms with Crippen molar-refractivity contribution in [3.63, 3.8) is 0 Å². The van der Waals surface area contributed by atoms with E-state index in [0.717, 1.165) is 0 Å². The van der Waals surface area contributed by atoms with Gasteiger partial charge in [-0.05, 0) is 58.9 Å². The van der Waals surface area contributed by atoms with Crippen LogP contribution in [-0.2, 0) is 9.47 Å². The number of anilines is 4. The first-order valence-corrected chi connectivity index (χ1v) is 15.8. The number of hydrogen-bond donors (Lipinski definition) is 5. The molecule has 2 amide bonds. The van der Waals surface area contributed by atoms with Crippen molar-refractivity contribution in [2.45, 2.75) is 45.8 Å². The molecular weight excluding hydrogens is 630 g/mol. The number of ether oxygens (including phenoxy) is 4. The van der Waals surface area contributed by atoms with Gasteiger partial charge in [-0.2, -0.15) is 0 Å². The molecule has 0 unspecified atom stereocenters. The van der Waals surface area contributed by atoms with Gasteiger partial charge in [-0.25, -0.2) is 9.59 Å². The molecule has 14 heteroatoms. The van der Waals surface area contributed by atoms with Gasteiger partial charge in [0.05, 0.1) is 36.7 Å². The molecule has 1 saturated heterocycles. The van der Waals surface area contributed by atoms with Crippen molar-refractivity contribution in [1.82, 2.24) is 9.80 Å². The van der Waals surface area contributed by atoms with E-state index in [1.54, 1.807) is 11.0 Å². The number of amides is 2. The van der Waals surface area contributed by atoms with E-state index in [9.17, 15) is 14.4 Å². The fraction of sp³-hybridized carbons (Fsp3) is 0.457. The highest BCUT2D eigenvalue weighted by Gasteiger charge is 2.31. The number of hydrogen-bond acceptors (Lipinski definition) is 12. The molecule has 266 valence electrons. The van der Waals surface area contributed by atoms with Crippen molar-refractivity contribution in [3.8, 4) is 23.3 Å². The van der Waals surface area contributed by atoms with Crippen molar-refractivity contribution in [3.05, 3.63) is 47.5 Å². The van der Waals surface area contributed by atoms with Gasteiger partial charge in [-0.15, -0.1) is 0 Å². The lowest BCUT2D eigenvalue weighted by atomic mass is 10.0. The number of nitrogens with two attached hydrogens (primary N) is 3. The molecule has 8 N–H and O–H groups in total. The molecule has 49 heavy (non-hydrogen) atoms. The predicted octanol–water partition coefficient (Wildman–Crippen LogP) is 3.54. The number of rotatable bonds is 12. The van der Waals surface area contributed by atoms with Crippen molar-refractivity contribution >= 4 is 40.7 Å². The Labute approximate surface area is 288 Å². The van der Waals surface area contributed by atoms with Crippen LogP contribution in [0.25, 0.3) is 0 Å². The number of nitrogens with zero attached hydrogens (tertiary/aromatic N) is 2. The van der Waals surface area contributed by atoms with E-state index in [1.807, 2.05) is 46.8 Å². The van der Waals surface area contributed by atoms with Crippen LogP contribution in [0.2, 0.25) is 0 Å². The maximum atomic E-state index is 12.4. The first-order valence-electron chi connectivity index (χ1n) is 15.8. The van der Waals surface area contributed by atoms with Crippen LogP contribution in [0.15, 0.2) is 36.4 Å². The molecule has 0 bridgehead atoms. The standard InChI is InChI=1S/C35H49N7O7/c1-34(2,3)49-33(45)41-14-16-42(17-15-41)35(4,5)11-10-18-48-28-21-23(31(38)43)19-25(36)30(28)40-13-9-8-12-39-29-26(37)20-24(32(44)47-7)22-27(29)46-6/h8-9,19-22,39-40H,12-18,36-37H2,1-7H3,(H2,38,43)/b9-8+. The van der Waals surface area contributed by atoms with E-state index in [4.69, 9.17) is 36.1 Å². The molecule has 1 fully saturated rings. The van der Waals surface area contributed by atoms with Gasteiger partial charge in [0.2, 0.25) is 5.91 Å². The average molecular weight is 680 g/mol. The highest BCUT2D eigenvalue weighted by Crippen LogP contribution is 2.34. The quantitative estimate of drug-likeness (QED) is 0.0949. The van der Waals surface area contributed by atoms with Crippen LogP contribution in [0.1, 0.15) is 55.3 Å². The second kappa shape index (κ2) is 16.7. The Kier molecular flexibility index (Phi) is 13.0. The zero-order chi connectivity index (χ0) is 36.4. The van der Waals surface area contributed by atoms with E-state index < -0.39 is 23.0 Å². The van der Waals surface area contributed by atoms with Crippen molar-refractivity contribution in [2.75, 3.05) is 82.2 Å². The van der Waals surface area contributed by atoms with Gasteiger partial charge < -0.3 is 51.7 Å². The maximum absolute atomic E-state index is 12.4. The molecule has 1 aliphatic heterocycles. The first kappa shape index (κ1) is 38.2. The lowest BCUT2D eigenvalue weighted by molar-refractivity contribution is 0.00779. The van der Waals surface area contributed by atoms with E-state index in [-0.39, 0.29) is 29.5 Å². The minimum atomic E-state index is -0.638. The van der Waals surface area contributed by atoms with E-state index in [0.29, 0.717) is 67.8 Å². The normalized spacial score (nSPS) is 13.7. The minimum Gasteiger partial charge on any atom is -0.494 e. The second-order valence-corrected chi connectivity index (χ2v) is 12.8. The van der Waals surface area contributed by atoms with Gasteiger partial charge >= 0.3 is 12.1 Å². The summed E-state index contributed by atoms with van der Waals surface area (Å²) in [7, 11) is 2.78. The third-order valence-corrected chi connectivity index (χ3v) is 7.57. The number of benzene rings is 2. The van der Waals surface area contributed by atoms with E-state index >= 15 is 0 Å². The van der Waals surface area contributed by atoms with Crippen LogP contribution < -0.4 is 37.3 Å². The third-order valence-electron chi connectivity index (χ3n) is 7.57. The van der Waals surface area contributed by atoms with Gasteiger partial charge in [-0.1, -0.05) is 24.0 Å². The summed E-state index contributed by atoms with van der Waals surface area (Å²) in [6, 6.07) is 6.09. The molecule has 1 aliphatic rings. The molecule has 14 nitrogen and oxygen atoms in total. The number of nitrogens with one attached hydrogen (secondary N) is 2. The molecule has 1 heterocycles. The molecule has 0 atom stereocenters. The third kappa shape index (κ3) is 10.9. The lowest BCUT2D eigenvalue weighted by Gasteiger charge is -2.41. The molecule has 3 rings (SSSR count). The number of esters is 1. The monoisotopic (exact) mass is 679 g/mol. The van der Waals surface area contributed by atoms with Gasteiger partial charge in [0.25, 0.3) is 0 Å². The van der Waals surface area contributed by atoms with Crippen LogP contribution in [0.4, 0.5) is 27.5 Å². The fourth-order valence-corrected chi connectivity index (χ4v) is 5.01. The number of carbonyl (C=O) groups excluding carboxylic acids is 3. The molecule has 0 radical (unpaired) electrons. The Morgan fingerprint density at radius 3 is 1.94 bits per heavy atom. The zero-order valence-electron chi connectivity index (χ0n) is 29.4. The molecule has 0 saturated carbocycles. The van der Waals surface area contributed by atoms with Gasteiger partial charge in [0, 0.05) is 44.8 Å². The van der Waals surface area contributed by atoms with Crippen molar-refractivity contribution in [2.24, 2.45) is 5.73 Å². The molecule has 0 spiro atoms. The van der Waals surface area contributed by atoms with Gasteiger partial charge in [0.15, 0.2) is 0 Å². The Hall–Kier alpha value is -5.29. The molecule has 0 aromatic heterocycles. The Balaban J connectivity index is 1.60. The summed E-state index contributed by atoms with van der Waals surface area (Å²) in [5, 5.41) is 6.41. The molecule has 2 aromatic rings. The first-order chi connectivity index (χ1) is 23.1. The van der Waals surface area contributed by atoms with E-state index in [2.05, 4.69) is 27.4 Å². The summed E-state index contributed by atoms with van der Waals surface area (Å²) in [5.74, 6) is 5.94. The number of carbonyl (C=O) groups is 3. The number of piperazine rings is 1. The highest BCUT2D eigenvalue weighted by atomic mass is 16.6. The number of methoxy groups -OCH3 is 2. The van der Waals surface area contributed by atoms with Crippen LogP contribution >= 0.6 is 0 Å². The summed E-state index contributed by atoms with van der Waals surface area (Å²) in [5.41, 5.74) is 19.1. The molecule has 0 aliphatic carbocycles. The predicted molar refractivity (Wildman–Crippen MR) is 191 cm³/mol. The van der Waals surface area contributed by atoms with Crippen LogP contribution in [0.3, 0.4) is 0 Å². The minimum absolute atomic E-state index is 0.0371. The lowest BCUT2D eigenvalue weighted by Crippen LogP contribution is -2.55. The number of primary amides is 1. The Bertz CT molecular complexity index is 1600. The highest BCUT2D eigenvalue weighted by molar-refractivity contribution is 5.96. The Morgan fingerprint density at radius 2 is 1.41 bits per heavy atom. The number of nitrogen functional groups attached to an aromatic ring is 2. The summed E-state index contributed by atoms with van der Waals surface area (Å²) < 4.78 is 21.6. The summed E-state index contributed by atoms with van der Waals surface area (Å²) in [6.07, 6.45) is 3.43. The average Bonchev–Trinajstić information content (AvgIpc) is 3.04. The van der Waals surface area contributed by atoms with Crippen molar-refractivity contribution < 1.29 is 33.3 Å². The Morgan fingerprint density at radius 1 is 0.857 bits per heavy atom. The van der Waals surface area contributed by atoms with Crippen molar-refractivity contribution in [1.29, 1.82) is 0 Å². The second-order valence-electron chi connectivity index (χ2n) is 12.8. The topological polar surface area (TPSA) is 197 Å². The summed E-state index contributed by atoms with van der Waals surface area (Å²) in [4.78, 5) is 40.2. The fourth-order valence-electron chi connectivity index (χ4n) is 5.01. The largest absolute Gasteiger partial charge is 0.494 e. The maximum Gasteiger partial charge on any atom is 0.410 e. The SMILES string of the molecule is COC(=O)c1cc(N)c(NC/C=C/CNc2c(N)cc(C(N)=O)cc2OCC#CC(C)(C)N2CCN(C(=O)OC(C)(C)C)CC2)c(OC)c1. The van der Waals surface area contributed by atoms with Crippen LogP contribution in [0, 0.1) is 11.8 Å². The zero-order valence-corrected chi connectivity index (χ0v) is 29.4. The summed E-state index contributed by atoms with van der Waals surface area (Å²) in [6.45, 7) is 12.8. The smallest absolute Gasteiger partial charge is 0.410 e. The summed E-state index contributed by atoms with van der Waals surface area (Å²) >= 11 is 0. The van der Waals surface area contributed by atoms with Gasteiger partial charge in [-0.3, -0.25) is 9.69 Å².